The molecular weight excluding hydrogens is 480 g/mol. The van der Waals surface area contributed by atoms with Gasteiger partial charge in [0.1, 0.15) is 11.3 Å². The lowest BCUT2D eigenvalue weighted by Gasteiger charge is -2.12. The number of rotatable bonds is 7. The maximum Gasteiger partial charge on any atom is 0.181 e. The van der Waals surface area contributed by atoms with Gasteiger partial charge >= 0.3 is 0 Å². The van der Waals surface area contributed by atoms with Crippen molar-refractivity contribution in [2.45, 2.75) is 46.7 Å². The van der Waals surface area contributed by atoms with Gasteiger partial charge in [0.2, 0.25) is 0 Å². The number of benzene rings is 1. The first-order valence-electron chi connectivity index (χ1n) is 11.1. The monoisotopic (exact) mass is 504 g/mol. The van der Waals surface area contributed by atoms with E-state index in [4.69, 9.17) is 4.98 Å². The molecule has 0 unspecified atom stereocenters. The maximum atomic E-state index is 4.90. The fraction of sp³-hybridized carbons (Fsp3) is 0.292. The van der Waals surface area contributed by atoms with E-state index in [0.29, 0.717) is 5.82 Å². The summed E-state index contributed by atoms with van der Waals surface area (Å²) >= 11 is 3.68. The summed E-state index contributed by atoms with van der Waals surface area (Å²) < 4.78 is 5.45. The predicted octanol–water partition coefficient (Wildman–Crippen LogP) is 5.17. The summed E-state index contributed by atoms with van der Waals surface area (Å²) in [6.45, 7) is 7.96. The first-order chi connectivity index (χ1) is 16.1. The zero-order chi connectivity index (χ0) is 22.9. The van der Waals surface area contributed by atoms with E-state index in [1.807, 2.05) is 12.3 Å². The van der Waals surface area contributed by atoms with E-state index in [1.165, 1.54) is 5.56 Å². The number of aromatic amines is 1. The van der Waals surface area contributed by atoms with Crippen LogP contribution in [0.2, 0.25) is 0 Å². The molecule has 5 aromatic rings. The van der Waals surface area contributed by atoms with Crippen molar-refractivity contribution in [3.63, 3.8) is 0 Å². The van der Waals surface area contributed by atoms with Gasteiger partial charge in [0, 0.05) is 24.7 Å². The summed E-state index contributed by atoms with van der Waals surface area (Å²) in [5, 5.41) is 14.5. The minimum Gasteiger partial charge on any atom is -0.335 e. The Morgan fingerprint density at radius 3 is 2.58 bits per heavy atom. The second-order valence-electron chi connectivity index (χ2n) is 8.08. The van der Waals surface area contributed by atoms with Crippen LogP contribution in [0.25, 0.3) is 33.8 Å². The van der Waals surface area contributed by atoms with Gasteiger partial charge in [-0.25, -0.2) is 15.1 Å². The van der Waals surface area contributed by atoms with Crippen molar-refractivity contribution in [3.05, 3.63) is 64.1 Å². The van der Waals surface area contributed by atoms with E-state index < -0.39 is 0 Å². The number of aryl methyl sites for hydroxylation is 2. The number of fused-ring (bicyclic) bond motifs is 1. The standard InChI is InChI=1S/C24H25BrN8/c1-4-6-20-27-21-15(3)11-12-26-24(21)33(20)14-16-7-9-17(10-8-16)22-18(23-28-30-31-29-23)13-19(25)32(22)5-2/h7-13H,4-6,14H2,1-3H3,(H,28,29,30,31). The number of tetrazole rings is 1. The summed E-state index contributed by atoms with van der Waals surface area (Å²) in [6.07, 6.45) is 3.84. The van der Waals surface area contributed by atoms with Crippen molar-refractivity contribution in [2.24, 2.45) is 0 Å². The Bertz CT molecular complexity index is 1400. The molecule has 4 aromatic heterocycles. The molecule has 0 atom stereocenters. The van der Waals surface area contributed by atoms with Crippen molar-refractivity contribution < 1.29 is 0 Å². The zero-order valence-electron chi connectivity index (χ0n) is 18.9. The lowest BCUT2D eigenvalue weighted by Crippen LogP contribution is -2.06. The zero-order valence-corrected chi connectivity index (χ0v) is 20.5. The molecule has 9 heteroatoms. The Hall–Kier alpha value is -3.33. The normalized spacial score (nSPS) is 11.5. The average molecular weight is 505 g/mol. The number of hydrogen-bond donors (Lipinski definition) is 1. The Balaban J connectivity index is 1.53. The van der Waals surface area contributed by atoms with Crippen LogP contribution in [0.4, 0.5) is 0 Å². The SMILES string of the molecule is CCCc1nc2c(C)ccnc2n1Cc1ccc(-c2c(-c3nnn[nH]3)cc(Br)n2CC)cc1. The van der Waals surface area contributed by atoms with Gasteiger partial charge in [0.05, 0.1) is 16.8 Å². The lowest BCUT2D eigenvalue weighted by molar-refractivity contribution is 0.716. The molecule has 5 rings (SSSR count). The molecule has 0 aliphatic heterocycles. The molecule has 168 valence electrons. The molecule has 0 fully saturated rings. The van der Waals surface area contributed by atoms with Crippen LogP contribution >= 0.6 is 15.9 Å². The fourth-order valence-electron chi connectivity index (χ4n) is 4.31. The molecule has 0 saturated heterocycles. The number of aromatic nitrogens is 8. The Labute approximate surface area is 200 Å². The van der Waals surface area contributed by atoms with Crippen molar-refractivity contribution in [2.75, 3.05) is 0 Å². The minimum atomic E-state index is 0.650. The number of H-pyrrole nitrogens is 1. The highest BCUT2D eigenvalue weighted by atomic mass is 79.9. The molecule has 8 nitrogen and oxygen atoms in total. The van der Waals surface area contributed by atoms with Gasteiger partial charge in [-0.3, -0.25) is 0 Å². The summed E-state index contributed by atoms with van der Waals surface area (Å²) in [6, 6.07) is 12.7. The summed E-state index contributed by atoms with van der Waals surface area (Å²) in [7, 11) is 0. The van der Waals surface area contributed by atoms with E-state index in [1.54, 1.807) is 0 Å². The summed E-state index contributed by atoms with van der Waals surface area (Å²) in [4.78, 5) is 9.54. The van der Waals surface area contributed by atoms with E-state index in [-0.39, 0.29) is 0 Å². The van der Waals surface area contributed by atoms with Gasteiger partial charge in [0.25, 0.3) is 0 Å². The van der Waals surface area contributed by atoms with E-state index in [9.17, 15) is 0 Å². The van der Waals surface area contributed by atoms with Gasteiger partial charge in [-0.1, -0.05) is 31.2 Å². The number of nitrogens with one attached hydrogen (secondary N) is 1. The van der Waals surface area contributed by atoms with Gasteiger partial charge in [-0.2, -0.15) is 0 Å². The molecule has 0 saturated carbocycles. The average Bonchev–Trinajstić information content (AvgIpc) is 3.54. The molecule has 1 N–H and O–H groups in total. The molecule has 0 aliphatic carbocycles. The first-order valence-corrected chi connectivity index (χ1v) is 11.9. The van der Waals surface area contributed by atoms with Gasteiger partial charge < -0.3 is 9.13 Å². The molecule has 0 amide bonds. The quantitative estimate of drug-likeness (QED) is 0.330. The highest BCUT2D eigenvalue weighted by molar-refractivity contribution is 9.10. The van der Waals surface area contributed by atoms with E-state index >= 15 is 0 Å². The smallest absolute Gasteiger partial charge is 0.181 e. The first kappa shape index (κ1) is 21.5. The van der Waals surface area contributed by atoms with Crippen LogP contribution < -0.4 is 0 Å². The lowest BCUT2D eigenvalue weighted by atomic mass is 10.0. The van der Waals surface area contributed by atoms with Crippen molar-refractivity contribution in [3.8, 4) is 22.6 Å². The van der Waals surface area contributed by atoms with Crippen molar-refractivity contribution in [1.29, 1.82) is 0 Å². The molecule has 1 aromatic carbocycles. The van der Waals surface area contributed by atoms with Crippen LogP contribution in [-0.2, 0) is 19.5 Å². The number of hydrogen-bond acceptors (Lipinski definition) is 5. The summed E-state index contributed by atoms with van der Waals surface area (Å²) in [5.41, 5.74) is 7.46. The summed E-state index contributed by atoms with van der Waals surface area (Å²) in [5.74, 6) is 1.74. The third-order valence-electron chi connectivity index (χ3n) is 5.92. The molecule has 33 heavy (non-hydrogen) atoms. The second kappa shape index (κ2) is 8.90. The third kappa shape index (κ3) is 3.86. The Morgan fingerprint density at radius 2 is 1.88 bits per heavy atom. The maximum absolute atomic E-state index is 4.90. The van der Waals surface area contributed by atoms with Crippen LogP contribution in [0.3, 0.4) is 0 Å². The molecule has 0 bridgehead atoms. The van der Waals surface area contributed by atoms with E-state index in [0.717, 1.165) is 69.9 Å². The van der Waals surface area contributed by atoms with Crippen LogP contribution in [0.15, 0.2) is 47.2 Å². The Morgan fingerprint density at radius 1 is 1.06 bits per heavy atom. The number of halogens is 1. The highest BCUT2D eigenvalue weighted by Gasteiger charge is 2.19. The molecule has 4 heterocycles. The highest BCUT2D eigenvalue weighted by Crippen LogP contribution is 2.36. The topological polar surface area (TPSA) is 90.1 Å². The third-order valence-corrected chi connectivity index (χ3v) is 6.58. The number of pyridine rings is 1. The minimum absolute atomic E-state index is 0.650. The number of imidazole rings is 1. The van der Waals surface area contributed by atoms with Gasteiger partial charge in [0.15, 0.2) is 11.5 Å². The molecular formula is C24H25BrN8. The second-order valence-corrected chi connectivity index (χ2v) is 8.90. The largest absolute Gasteiger partial charge is 0.335 e. The Kier molecular flexibility index (Phi) is 5.80. The fourth-order valence-corrected chi connectivity index (χ4v) is 4.96. The van der Waals surface area contributed by atoms with Crippen molar-refractivity contribution >= 4 is 27.1 Å². The van der Waals surface area contributed by atoms with Gasteiger partial charge in [-0.05, 0) is 75.4 Å². The molecule has 0 radical (unpaired) electrons. The van der Waals surface area contributed by atoms with Crippen LogP contribution in [-0.4, -0.2) is 39.7 Å². The van der Waals surface area contributed by atoms with Crippen LogP contribution in [0.1, 0.15) is 37.2 Å². The van der Waals surface area contributed by atoms with Crippen molar-refractivity contribution in [1.82, 2.24) is 39.7 Å². The van der Waals surface area contributed by atoms with Gasteiger partial charge in [-0.15, -0.1) is 5.10 Å². The van der Waals surface area contributed by atoms with Crippen LogP contribution in [0, 0.1) is 6.92 Å². The number of nitrogens with zero attached hydrogens (tertiary/aromatic N) is 7. The predicted molar refractivity (Wildman–Crippen MR) is 132 cm³/mol. The molecule has 0 aliphatic rings. The molecule has 0 spiro atoms. The van der Waals surface area contributed by atoms with Crippen LogP contribution in [0.5, 0.6) is 0 Å². The van der Waals surface area contributed by atoms with E-state index in [2.05, 4.69) is 102 Å².